The Labute approximate surface area is 105 Å². The summed E-state index contributed by atoms with van der Waals surface area (Å²) in [5.74, 6) is 0.926. The maximum Gasteiger partial charge on any atom is 0.0877 e. The summed E-state index contributed by atoms with van der Waals surface area (Å²) in [5.41, 5.74) is 0.938. The zero-order valence-electron chi connectivity index (χ0n) is 11.4. The molecule has 1 fully saturated rings. The molecule has 0 saturated heterocycles. The number of allylic oxidation sites excluding steroid dienone is 2. The Bertz CT molecular complexity index is 319. The molecule has 98 valence electrons. The van der Waals surface area contributed by atoms with Crippen LogP contribution < -0.4 is 0 Å². The number of fused-ring (bicyclic) bond motifs is 1. The number of rotatable bonds is 2. The van der Waals surface area contributed by atoms with E-state index in [0.717, 1.165) is 19.3 Å². The quantitative estimate of drug-likeness (QED) is 0.726. The highest BCUT2D eigenvalue weighted by Crippen LogP contribution is 2.53. The second-order valence-corrected chi connectivity index (χ2v) is 6.58. The minimum Gasteiger partial charge on any atom is -0.393 e. The standard InChI is InChI=1S/C15H26O2/c1-11-5-4-6-12-7-8-13(9-14(11,12)2)15(3,17)10-16/h6,11,13,16-17H,4-5,7-10H2,1-3H3. The average Bonchev–Trinajstić information content (AvgIpc) is 2.30. The molecule has 0 aliphatic heterocycles. The highest BCUT2D eigenvalue weighted by atomic mass is 16.3. The summed E-state index contributed by atoms with van der Waals surface area (Å²) < 4.78 is 0. The molecule has 0 spiro atoms. The van der Waals surface area contributed by atoms with Crippen LogP contribution in [0.2, 0.25) is 0 Å². The number of aliphatic hydroxyl groups excluding tert-OH is 1. The van der Waals surface area contributed by atoms with Crippen molar-refractivity contribution in [2.24, 2.45) is 17.3 Å². The van der Waals surface area contributed by atoms with Crippen molar-refractivity contribution in [3.63, 3.8) is 0 Å². The van der Waals surface area contributed by atoms with Crippen molar-refractivity contribution < 1.29 is 10.2 Å². The van der Waals surface area contributed by atoms with Crippen LogP contribution in [-0.4, -0.2) is 22.4 Å². The van der Waals surface area contributed by atoms with Gasteiger partial charge in [-0.2, -0.15) is 0 Å². The molecule has 0 amide bonds. The van der Waals surface area contributed by atoms with E-state index in [1.165, 1.54) is 12.8 Å². The molecule has 2 heteroatoms. The summed E-state index contributed by atoms with van der Waals surface area (Å²) in [6.07, 6.45) is 8.03. The first kappa shape index (κ1) is 13.1. The highest BCUT2D eigenvalue weighted by molar-refractivity contribution is 5.21. The summed E-state index contributed by atoms with van der Waals surface area (Å²) in [4.78, 5) is 0. The molecule has 0 aromatic carbocycles. The van der Waals surface area contributed by atoms with Crippen LogP contribution in [0.5, 0.6) is 0 Å². The Morgan fingerprint density at radius 2 is 2.18 bits per heavy atom. The smallest absolute Gasteiger partial charge is 0.0877 e. The molecule has 17 heavy (non-hydrogen) atoms. The second kappa shape index (κ2) is 4.40. The van der Waals surface area contributed by atoms with Crippen molar-refractivity contribution in [1.29, 1.82) is 0 Å². The first-order chi connectivity index (χ1) is 7.90. The number of hydrogen-bond acceptors (Lipinski definition) is 2. The third-order valence-corrected chi connectivity index (χ3v) is 5.44. The van der Waals surface area contributed by atoms with Crippen LogP contribution >= 0.6 is 0 Å². The molecule has 2 nitrogen and oxygen atoms in total. The van der Waals surface area contributed by atoms with Crippen molar-refractivity contribution >= 4 is 0 Å². The van der Waals surface area contributed by atoms with E-state index in [4.69, 9.17) is 0 Å². The lowest BCUT2D eigenvalue weighted by molar-refractivity contribution is -0.0729. The summed E-state index contributed by atoms with van der Waals surface area (Å²) in [7, 11) is 0. The van der Waals surface area contributed by atoms with Gasteiger partial charge in [-0.3, -0.25) is 0 Å². The number of aliphatic hydroxyl groups is 2. The van der Waals surface area contributed by atoms with E-state index in [2.05, 4.69) is 19.9 Å². The highest BCUT2D eigenvalue weighted by Gasteiger charge is 2.46. The van der Waals surface area contributed by atoms with Crippen molar-refractivity contribution in [1.82, 2.24) is 0 Å². The second-order valence-electron chi connectivity index (χ2n) is 6.58. The van der Waals surface area contributed by atoms with Crippen LogP contribution in [0.15, 0.2) is 11.6 Å². The SMILES string of the molecule is CC1CCC=C2CCC(C(C)(O)CO)CC21C. The van der Waals surface area contributed by atoms with Crippen LogP contribution in [0.4, 0.5) is 0 Å². The van der Waals surface area contributed by atoms with Crippen molar-refractivity contribution in [3.8, 4) is 0 Å². The summed E-state index contributed by atoms with van der Waals surface area (Å²) in [5, 5.41) is 19.6. The molecule has 0 aromatic heterocycles. The molecule has 0 aromatic rings. The van der Waals surface area contributed by atoms with Crippen molar-refractivity contribution in [2.45, 2.75) is 58.5 Å². The summed E-state index contributed by atoms with van der Waals surface area (Å²) >= 11 is 0. The minimum absolute atomic E-state index is 0.124. The molecular weight excluding hydrogens is 212 g/mol. The van der Waals surface area contributed by atoms with Gasteiger partial charge in [-0.1, -0.05) is 25.5 Å². The largest absolute Gasteiger partial charge is 0.393 e. The van der Waals surface area contributed by atoms with Gasteiger partial charge in [0.2, 0.25) is 0 Å². The Balaban J connectivity index is 2.21. The third kappa shape index (κ3) is 2.17. The summed E-state index contributed by atoms with van der Waals surface area (Å²) in [6, 6.07) is 0. The molecular formula is C15H26O2. The van der Waals surface area contributed by atoms with Gasteiger partial charge in [0.25, 0.3) is 0 Å². The fourth-order valence-corrected chi connectivity index (χ4v) is 3.70. The third-order valence-electron chi connectivity index (χ3n) is 5.44. The minimum atomic E-state index is -0.911. The molecule has 2 aliphatic rings. The van der Waals surface area contributed by atoms with Gasteiger partial charge in [-0.15, -0.1) is 0 Å². The molecule has 2 N–H and O–H groups in total. The van der Waals surface area contributed by atoms with Gasteiger partial charge in [-0.25, -0.2) is 0 Å². The molecule has 4 unspecified atom stereocenters. The molecule has 0 heterocycles. The zero-order valence-corrected chi connectivity index (χ0v) is 11.4. The Morgan fingerprint density at radius 3 is 2.82 bits per heavy atom. The van der Waals surface area contributed by atoms with E-state index < -0.39 is 5.60 Å². The van der Waals surface area contributed by atoms with Crippen molar-refractivity contribution in [3.05, 3.63) is 11.6 Å². The van der Waals surface area contributed by atoms with Crippen LogP contribution in [0, 0.1) is 17.3 Å². The lowest BCUT2D eigenvalue weighted by Gasteiger charge is -2.50. The van der Waals surface area contributed by atoms with E-state index in [9.17, 15) is 10.2 Å². The van der Waals surface area contributed by atoms with Crippen LogP contribution in [-0.2, 0) is 0 Å². The van der Waals surface area contributed by atoms with E-state index >= 15 is 0 Å². The van der Waals surface area contributed by atoms with E-state index in [-0.39, 0.29) is 17.9 Å². The maximum absolute atomic E-state index is 10.3. The van der Waals surface area contributed by atoms with Crippen LogP contribution in [0.3, 0.4) is 0 Å². The molecule has 4 atom stereocenters. The first-order valence-electron chi connectivity index (χ1n) is 6.93. The number of hydrogen-bond donors (Lipinski definition) is 2. The zero-order chi connectivity index (χ0) is 12.7. The normalized spacial score (nSPS) is 41.4. The lowest BCUT2D eigenvalue weighted by Crippen LogP contribution is -2.46. The van der Waals surface area contributed by atoms with Gasteiger partial charge in [0.15, 0.2) is 0 Å². The molecule has 2 rings (SSSR count). The lowest BCUT2D eigenvalue weighted by atomic mass is 9.56. The Kier molecular flexibility index (Phi) is 3.39. The van der Waals surface area contributed by atoms with Gasteiger partial charge in [0.1, 0.15) is 0 Å². The molecule has 1 saturated carbocycles. The fourth-order valence-electron chi connectivity index (χ4n) is 3.70. The Hall–Kier alpha value is -0.340. The monoisotopic (exact) mass is 238 g/mol. The van der Waals surface area contributed by atoms with Gasteiger partial charge in [-0.05, 0) is 56.3 Å². The molecule has 2 aliphatic carbocycles. The predicted molar refractivity (Wildman–Crippen MR) is 69.6 cm³/mol. The first-order valence-corrected chi connectivity index (χ1v) is 6.93. The molecule has 0 radical (unpaired) electrons. The summed E-state index contributed by atoms with van der Waals surface area (Å²) in [6.45, 7) is 6.34. The Morgan fingerprint density at radius 1 is 1.47 bits per heavy atom. The van der Waals surface area contributed by atoms with Gasteiger partial charge in [0, 0.05) is 0 Å². The van der Waals surface area contributed by atoms with E-state index in [1.807, 2.05) is 0 Å². The van der Waals surface area contributed by atoms with Crippen LogP contribution in [0.25, 0.3) is 0 Å². The van der Waals surface area contributed by atoms with Gasteiger partial charge in [0.05, 0.1) is 12.2 Å². The van der Waals surface area contributed by atoms with Crippen molar-refractivity contribution in [2.75, 3.05) is 6.61 Å². The fraction of sp³-hybridized carbons (Fsp3) is 0.867. The van der Waals surface area contributed by atoms with E-state index in [0.29, 0.717) is 5.92 Å². The van der Waals surface area contributed by atoms with Gasteiger partial charge >= 0.3 is 0 Å². The average molecular weight is 238 g/mol. The van der Waals surface area contributed by atoms with E-state index in [1.54, 1.807) is 12.5 Å². The molecule has 0 bridgehead atoms. The van der Waals surface area contributed by atoms with Crippen LogP contribution in [0.1, 0.15) is 52.9 Å². The topological polar surface area (TPSA) is 40.5 Å². The predicted octanol–water partition coefficient (Wildman–Crippen LogP) is 2.89. The van der Waals surface area contributed by atoms with Gasteiger partial charge < -0.3 is 10.2 Å². The maximum atomic E-state index is 10.3.